The lowest BCUT2D eigenvalue weighted by Crippen LogP contribution is -2.15. The molecule has 5 nitrogen and oxygen atoms in total. The molecule has 3 aromatic carbocycles. The predicted molar refractivity (Wildman–Crippen MR) is 104 cm³/mol. The third kappa shape index (κ3) is 3.94. The average Bonchev–Trinajstić information content (AvgIpc) is 2.72. The second-order valence-electron chi connectivity index (χ2n) is 6.04. The standard InChI is InChI=1S/C21H17ClN2O3/c22-15-8-6-14(7-9-15)21(25)17-12-19-20(27-11-10-26-19)13-18(17)24-23-16-4-2-1-3-5-16/h1-9,12-13,21,25H,10-11H2. The topological polar surface area (TPSA) is 63.4 Å². The first-order valence-electron chi connectivity index (χ1n) is 8.54. The number of hydrogen-bond acceptors (Lipinski definition) is 5. The van der Waals surface area contributed by atoms with E-state index in [9.17, 15) is 5.11 Å². The molecule has 0 spiro atoms. The van der Waals surface area contributed by atoms with Crippen LogP contribution in [0, 0.1) is 0 Å². The third-order valence-electron chi connectivity index (χ3n) is 4.20. The van der Waals surface area contributed by atoms with Crippen LogP contribution >= 0.6 is 11.6 Å². The maximum Gasteiger partial charge on any atom is 0.163 e. The highest BCUT2D eigenvalue weighted by Crippen LogP contribution is 2.41. The van der Waals surface area contributed by atoms with Gasteiger partial charge in [-0.2, -0.15) is 10.2 Å². The van der Waals surface area contributed by atoms with E-state index in [-0.39, 0.29) is 0 Å². The highest BCUT2D eigenvalue weighted by atomic mass is 35.5. The minimum Gasteiger partial charge on any atom is -0.486 e. The quantitative estimate of drug-likeness (QED) is 0.598. The van der Waals surface area contributed by atoms with Crippen LogP contribution in [-0.2, 0) is 0 Å². The van der Waals surface area contributed by atoms with Gasteiger partial charge in [-0.15, -0.1) is 0 Å². The number of ether oxygens (including phenoxy) is 2. The van der Waals surface area contributed by atoms with Crippen molar-refractivity contribution in [1.82, 2.24) is 0 Å². The molecule has 1 unspecified atom stereocenters. The van der Waals surface area contributed by atoms with Gasteiger partial charge in [-0.1, -0.05) is 41.9 Å². The summed E-state index contributed by atoms with van der Waals surface area (Å²) in [7, 11) is 0. The largest absolute Gasteiger partial charge is 0.486 e. The van der Waals surface area contributed by atoms with Gasteiger partial charge >= 0.3 is 0 Å². The Hall–Kier alpha value is -2.89. The maximum atomic E-state index is 10.9. The molecule has 3 aromatic rings. The third-order valence-corrected chi connectivity index (χ3v) is 4.45. The number of azo groups is 1. The van der Waals surface area contributed by atoms with Crippen LogP contribution < -0.4 is 9.47 Å². The Kier molecular flexibility index (Phi) is 5.05. The Morgan fingerprint density at radius 1 is 0.852 bits per heavy atom. The molecule has 0 bridgehead atoms. The van der Waals surface area contributed by atoms with Gasteiger partial charge in [0, 0.05) is 16.7 Å². The number of halogens is 1. The Labute approximate surface area is 161 Å². The number of hydrogen-bond donors (Lipinski definition) is 1. The molecule has 1 aliphatic heterocycles. The summed E-state index contributed by atoms with van der Waals surface area (Å²) in [5.41, 5.74) is 2.53. The Balaban J connectivity index is 1.76. The van der Waals surface area contributed by atoms with Crippen molar-refractivity contribution in [3.8, 4) is 11.5 Å². The maximum absolute atomic E-state index is 10.9. The van der Waals surface area contributed by atoms with E-state index in [1.165, 1.54) is 0 Å². The molecule has 4 rings (SSSR count). The first-order valence-corrected chi connectivity index (χ1v) is 8.92. The van der Waals surface area contributed by atoms with Crippen LogP contribution in [0.1, 0.15) is 17.2 Å². The Morgan fingerprint density at radius 2 is 1.52 bits per heavy atom. The van der Waals surface area contributed by atoms with Crippen LogP contribution in [0.2, 0.25) is 5.02 Å². The zero-order chi connectivity index (χ0) is 18.6. The lowest BCUT2D eigenvalue weighted by molar-refractivity contribution is 0.170. The van der Waals surface area contributed by atoms with Gasteiger partial charge < -0.3 is 14.6 Å². The molecule has 1 N–H and O–H groups in total. The van der Waals surface area contributed by atoms with Crippen molar-refractivity contribution < 1.29 is 14.6 Å². The van der Waals surface area contributed by atoms with Crippen LogP contribution in [0.25, 0.3) is 0 Å². The van der Waals surface area contributed by atoms with E-state index in [0.717, 1.165) is 5.69 Å². The molecule has 1 atom stereocenters. The zero-order valence-electron chi connectivity index (χ0n) is 14.4. The molecule has 1 aliphatic rings. The molecule has 0 amide bonds. The molecule has 0 aromatic heterocycles. The zero-order valence-corrected chi connectivity index (χ0v) is 15.1. The van der Waals surface area contributed by atoms with Gasteiger partial charge in [0.05, 0.1) is 11.4 Å². The number of fused-ring (bicyclic) bond motifs is 1. The molecular formula is C21H17ClN2O3. The van der Waals surface area contributed by atoms with Crippen LogP contribution in [0.5, 0.6) is 11.5 Å². The normalized spacial score (nSPS) is 14.3. The van der Waals surface area contributed by atoms with Gasteiger partial charge in [0.2, 0.25) is 0 Å². The second-order valence-corrected chi connectivity index (χ2v) is 6.48. The van der Waals surface area contributed by atoms with Gasteiger partial charge in [0.25, 0.3) is 0 Å². The molecule has 0 saturated carbocycles. The number of benzene rings is 3. The van der Waals surface area contributed by atoms with Crippen LogP contribution in [0.3, 0.4) is 0 Å². The first kappa shape index (κ1) is 17.5. The lowest BCUT2D eigenvalue weighted by atomic mass is 9.99. The summed E-state index contributed by atoms with van der Waals surface area (Å²) in [4.78, 5) is 0. The van der Waals surface area contributed by atoms with Gasteiger partial charge in [-0.25, -0.2) is 0 Å². The number of aliphatic hydroxyl groups is 1. The molecule has 136 valence electrons. The molecule has 0 aliphatic carbocycles. The van der Waals surface area contributed by atoms with E-state index < -0.39 is 6.10 Å². The van der Waals surface area contributed by atoms with Crippen LogP contribution in [0.4, 0.5) is 11.4 Å². The van der Waals surface area contributed by atoms with Crippen molar-refractivity contribution in [1.29, 1.82) is 0 Å². The second kappa shape index (κ2) is 7.78. The van der Waals surface area contributed by atoms with E-state index in [1.54, 1.807) is 36.4 Å². The summed E-state index contributed by atoms with van der Waals surface area (Å²) in [6.07, 6.45) is -0.900. The summed E-state index contributed by atoms with van der Waals surface area (Å²) >= 11 is 5.95. The summed E-state index contributed by atoms with van der Waals surface area (Å²) in [6, 6.07) is 20.0. The van der Waals surface area contributed by atoms with Gasteiger partial charge in [0.1, 0.15) is 19.3 Å². The fourth-order valence-corrected chi connectivity index (χ4v) is 2.96. The van der Waals surface area contributed by atoms with E-state index in [0.29, 0.717) is 46.5 Å². The van der Waals surface area contributed by atoms with E-state index in [2.05, 4.69) is 10.2 Å². The number of nitrogens with zero attached hydrogens (tertiary/aromatic N) is 2. The lowest BCUT2D eigenvalue weighted by Gasteiger charge is -2.21. The highest BCUT2D eigenvalue weighted by Gasteiger charge is 2.21. The van der Waals surface area contributed by atoms with Crippen molar-refractivity contribution in [2.45, 2.75) is 6.10 Å². The summed E-state index contributed by atoms with van der Waals surface area (Å²) in [6.45, 7) is 0.940. The van der Waals surface area contributed by atoms with Crippen LogP contribution in [-0.4, -0.2) is 18.3 Å². The van der Waals surface area contributed by atoms with Gasteiger partial charge in [-0.3, -0.25) is 0 Å². The van der Waals surface area contributed by atoms with Gasteiger partial charge in [-0.05, 0) is 35.9 Å². The smallest absolute Gasteiger partial charge is 0.163 e. The molecule has 0 fully saturated rings. The minimum atomic E-state index is -0.900. The van der Waals surface area contributed by atoms with E-state index >= 15 is 0 Å². The fraction of sp³-hybridized carbons (Fsp3) is 0.143. The van der Waals surface area contributed by atoms with Crippen molar-refractivity contribution in [3.63, 3.8) is 0 Å². The fourth-order valence-electron chi connectivity index (χ4n) is 2.83. The summed E-state index contributed by atoms with van der Waals surface area (Å²) < 4.78 is 11.3. The van der Waals surface area contributed by atoms with Crippen LogP contribution in [0.15, 0.2) is 77.0 Å². The van der Waals surface area contributed by atoms with Crippen molar-refractivity contribution >= 4 is 23.0 Å². The van der Waals surface area contributed by atoms with Crippen molar-refractivity contribution in [2.75, 3.05) is 13.2 Å². The van der Waals surface area contributed by atoms with E-state index in [4.69, 9.17) is 21.1 Å². The number of rotatable bonds is 4. The van der Waals surface area contributed by atoms with Gasteiger partial charge in [0.15, 0.2) is 11.5 Å². The molecule has 6 heteroatoms. The monoisotopic (exact) mass is 380 g/mol. The Morgan fingerprint density at radius 3 is 2.22 bits per heavy atom. The Bertz CT molecular complexity index is 959. The first-order chi connectivity index (χ1) is 13.2. The molecule has 1 heterocycles. The van der Waals surface area contributed by atoms with Crippen molar-refractivity contribution in [3.05, 3.63) is 82.9 Å². The summed E-state index contributed by atoms with van der Waals surface area (Å²) in [5.74, 6) is 1.18. The molecular weight excluding hydrogens is 364 g/mol. The average molecular weight is 381 g/mol. The number of aliphatic hydroxyl groups excluding tert-OH is 1. The predicted octanol–water partition coefficient (Wildman–Crippen LogP) is 5.61. The van der Waals surface area contributed by atoms with Crippen molar-refractivity contribution in [2.24, 2.45) is 10.2 Å². The SMILES string of the molecule is OC(c1ccc(Cl)cc1)c1cc2c(cc1N=Nc1ccccc1)OCCO2. The minimum absolute atomic E-state index is 0.467. The molecule has 0 radical (unpaired) electrons. The molecule has 27 heavy (non-hydrogen) atoms. The summed E-state index contributed by atoms with van der Waals surface area (Å²) in [5, 5.41) is 20.2. The highest BCUT2D eigenvalue weighted by molar-refractivity contribution is 6.30. The van der Waals surface area contributed by atoms with E-state index in [1.807, 2.05) is 30.3 Å². The molecule has 0 saturated heterocycles.